The van der Waals surface area contributed by atoms with Crippen LogP contribution < -0.4 is 5.73 Å². The Labute approximate surface area is 86.7 Å². The van der Waals surface area contributed by atoms with Gasteiger partial charge in [-0.2, -0.15) is 13.2 Å². The summed E-state index contributed by atoms with van der Waals surface area (Å²) < 4.78 is 46.6. The van der Waals surface area contributed by atoms with Crippen LogP contribution in [0.2, 0.25) is 0 Å². The first-order chi connectivity index (χ1) is 7.04. The zero-order chi connectivity index (χ0) is 11.3. The molecule has 1 fully saturated rings. The van der Waals surface area contributed by atoms with Crippen molar-refractivity contribution in [3.63, 3.8) is 0 Å². The van der Waals surface area contributed by atoms with E-state index in [1.165, 1.54) is 0 Å². The molecule has 0 radical (unpaired) electrons. The summed E-state index contributed by atoms with van der Waals surface area (Å²) >= 11 is 0. The van der Waals surface area contributed by atoms with E-state index in [-0.39, 0.29) is 12.5 Å². The first-order valence-electron chi connectivity index (χ1n) is 5.00. The van der Waals surface area contributed by atoms with Crippen LogP contribution in [0.1, 0.15) is 12.8 Å². The minimum Gasteiger partial charge on any atom is -0.381 e. The van der Waals surface area contributed by atoms with E-state index in [2.05, 4.69) is 0 Å². The minimum atomic E-state index is -4.36. The Kier molecular flexibility index (Phi) is 4.82. The van der Waals surface area contributed by atoms with Gasteiger partial charge < -0.3 is 15.2 Å². The molecule has 3 nitrogen and oxygen atoms in total. The van der Waals surface area contributed by atoms with Gasteiger partial charge in [0.05, 0.1) is 6.61 Å². The Morgan fingerprint density at radius 2 is 1.93 bits per heavy atom. The van der Waals surface area contributed by atoms with Crippen molar-refractivity contribution < 1.29 is 22.6 Å². The molecule has 0 aromatic rings. The molecule has 0 bridgehead atoms. The maximum atomic E-state index is 12.2. The highest BCUT2D eigenvalue weighted by molar-refractivity contribution is 4.70. The molecule has 1 unspecified atom stereocenters. The first-order valence-corrected chi connectivity index (χ1v) is 5.00. The summed E-state index contributed by atoms with van der Waals surface area (Å²) in [5, 5.41) is 0. The molecule has 0 aromatic carbocycles. The van der Waals surface area contributed by atoms with Crippen molar-refractivity contribution in [1.82, 2.24) is 0 Å². The SMILES string of the molecule is NCC(OCC1CCOCC1)C(F)(F)F. The fraction of sp³-hybridized carbons (Fsp3) is 1.00. The quantitative estimate of drug-likeness (QED) is 0.787. The second-order valence-corrected chi connectivity index (χ2v) is 3.66. The molecule has 6 heteroatoms. The van der Waals surface area contributed by atoms with Crippen LogP contribution in [0.5, 0.6) is 0 Å². The number of halogens is 3. The van der Waals surface area contributed by atoms with Gasteiger partial charge in [-0.05, 0) is 18.8 Å². The summed E-state index contributed by atoms with van der Waals surface area (Å²) in [6.07, 6.45) is -4.68. The highest BCUT2D eigenvalue weighted by Gasteiger charge is 2.39. The molecule has 0 saturated carbocycles. The highest BCUT2D eigenvalue weighted by Crippen LogP contribution is 2.24. The van der Waals surface area contributed by atoms with E-state index in [9.17, 15) is 13.2 Å². The molecule has 1 aliphatic heterocycles. The second kappa shape index (κ2) is 5.67. The number of hydrogen-bond acceptors (Lipinski definition) is 3. The molecule has 15 heavy (non-hydrogen) atoms. The molecule has 2 N–H and O–H groups in total. The third kappa shape index (κ3) is 4.36. The highest BCUT2D eigenvalue weighted by atomic mass is 19.4. The van der Waals surface area contributed by atoms with Gasteiger partial charge in [0.1, 0.15) is 0 Å². The summed E-state index contributed by atoms with van der Waals surface area (Å²) in [7, 11) is 0. The molecule has 0 aliphatic carbocycles. The van der Waals surface area contributed by atoms with Crippen LogP contribution in [-0.4, -0.2) is 38.6 Å². The summed E-state index contributed by atoms with van der Waals surface area (Å²) in [5.74, 6) is 0.162. The Balaban J connectivity index is 2.27. The monoisotopic (exact) mass is 227 g/mol. The van der Waals surface area contributed by atoms with Gasteiger partial charge in [-0.25, -0.2) is 0 Å². The number of nitrogens with two attached hydrogens (primary N) is 1. The zero-order valence-corrected chi connectivity index (χ0v) is 8.43. The van der Waals surface area contributed by atoms with E-state index in [1.54, 1.807) is 0 Å². The standard InChI is InChI=1S/C9H16F3NO2/c10-9(11,12)8(5-13)15-6-7-1-3-14-4-2-7/h7-8H,1-6,13H2. The van der Waals surface area contributed by atoms with Crippen molar-refractivity contribution in [3.05, 3.63) is 0 Å². The van der Waals surface area contributed by atoms with E-state index < -0.39 is 18.8 Å². The lowest BCUT2D eigenvalue weighted by molar-refractivity contribution is -0.220. The van der Waals surface area contributed by atoms with E-state index in [0.29, 0.717) is 13.2 Å². The number of ether oxygens (including phenoxy) is 2. The smallest absolute Gasteiger partial charge is 0.381 e. The van der Waals surface area contributed by atoms with E-state index in [0.717, 1.165) is 12.8 Å². The Morgan fingerprint density at radius 1 is 1.33 bits per heavy atom. The predicted molar refractivity (Wildman–Crippen MR) is 48.4 cm³/mol. The van der Waals surface area contributed by atoms with Crippen molar-refractivity contribution in [2.24, 2.45) is 11.7 Å². The number of hydrogen-bond donors (Lipinski definition) is 1. The third-order valence-electron chi connectivity index (χ3n) is 2.45. The van der Waals surface area contributed by atoms with Gasteiger partial charge >= 0.3 is 6.18 Å². The average molecular weight is 227 g/mol. The van der Waals surface area contributed by atoms with Gasteiger partial charge in [0.15, 0.2) is 6.10 Å². The van der Waals surface area contributed by atoms with Crippen molar-refractivity contribution in [3.8, 4) is 0 Å². The van der Waals surface area contributed by atoms with Gasteiger partial charge in [0.2, 0.25) is 0 Å². The van der Waals surface area contributed by atoms with Crippen LogP contribution in [0.4, 0.5) is 13.2 Å². The van der Waals surface area contributed by atoms with Gasteiger partial charge in [0.25, 0.3) is 0 Å². The number of alkyl halides is 3. The van der Waals surface area contributed by atoms with Crippen LogP contribution in [0, 0.1) is 5.92 Å². The van der Waals surface area contributed by atoms with Gasteiger partial charge in [0, 0.05) is 19.8 Å². The maximum absolute atomic E-state index is 12.2. The molecule has 1 aliphatic rings. The fourth-order valence-electron chi connectivity index (χ4n) is 1.46. The maximum Gasteiger partial charge on any atom is 0.415 e. The molecule has 1 saturated heterocycles. The largest absolute Gasteiger partial charge is 0.415 e. The van der Waals surface area contributed by atoms with E-state index in [4.69, 9.17) is 15.2 Å². The summed E-state index contributed by atoms with van der Waals surface area (Å²) in [6, 6.07) is 0. The van der Waals surface area contributed by atoms with Crippen molar-refractivity contribution in [2.75, 3.05) is 26.4 Å². The topological polar surface area (TPSA) is 44.5 Å². The normalized spacial score (nSPS) is 21.6. The molecule has 1 heterocycles. The number of rotatable bonds is 4. The van der Waals surface area contributed by atoms with Crippen LogP contribution in [0.25, 0.3) is 0 Å². The van der Waals surface area contributed by atoms with Crippen molar-refractivity contribution >= 4 is 0 Å². The van der Waals surface area contributed by atoms with Gasteiger partial charge in [-0.15, -0.1) is 0 Å². The lowest BCUT2D eigenvalue weighted by Crippen LogP contribution is -2.39. The molecule has 0 spiro atoms. The molecule has 0 amide bonds. The lowest BCUT2D eigenvalue weighted by Gasteiger charge is -2.25. The zero-order valence-electron chi connectivity index (χ0n) is 8.43. The second-order valence-electron chi connectivity index (χ2n) is 3.66. The van der Waals surface area contributed by atoms with Crippen molar-refractivity contribution in [1.29, 1.82) is 0 Å². The van der Waals surface area contributed by atoms with E-state index in [1.807, 2.05) is 0 Å². The molecule has 90 valence electrons. The Bertz CT molecular complexity index is 181. The molecular weight excluding hydrogens is 211 g/mol. The molecule has 1 rings (SSSR count). The predicted octanol–water partition coefficient (Wildman–Crippen LogP) is 1.32. The first kappa shape index (κ1) is 12.7. The van der Waals surface area contributed by atoms with Crippen LogP contribution >= 0.6 is 0 Å². The van der Waals surface area contributed by atoms with Crippen LogP contribution in [-0.2, 0) is 9.47 Å². The van der Waals surface area contributed by atoms with Gasteiger partial charge in [-0.3, -0.25) is 0 Å². The van der Waals surface area contributed by atoms with Crippen molar-refractivity contribution in [2.45, 2.75) is 25.1 Å². The minimum absolute atomic E-state index is 0.116. The molecular formula is C9H16F3NO2. The average Bonchev–Trinajstić information content (AvgIpc) is 2.18. The molecule has 0 aromatic heterocycles. The summed E-state index contributed by atoms with van der Waals surface area (Å²) in [4.78, 5) is 0. The van der Waals surface area contributed by atoms with Crippen LogP contribution in [0.15, 0.2) is 0 Å². The summed E-state index contributed by atoms with van der Waals surface area (Å²) in [6.45, 7) is 0.804. The molecule has 1 atom stereocenters. The third-order valence-corrected chi connectivity index (χ3v) is 2.45. The van der Waals surface area contributed by atoms with E-state index >= 15 is 0 Å². The summed E-state index contributed by atoms with van der Waals surface area (Å²) in [5.41, 5.74) is 5.00. The van der Waals surface area contributed by atoms with Crippen LogP contribution in [0.3, 0.4) is 0 Å². The Morgan fingerprint density at radius 3 is 2.40 bits per heavy atom. The van der Waals surface area contributed by atoms with Gasteiger partial charge in [-0.1, -0.05) is 0 Å². The Hall–Kier alpha value is -0.330. The fourth-order valence-corrected chi connectivity index (χ4v) is 1.46. The lowest BCUT2D eigenvalue weighted by atomic mass is 10.0.